The fraction of sp³-hybridized carbons (Fsp3) is 0.580. The molecule has 0 saturated heterocycles. The topological polar surface area (TPSA) is 94.9 Å². The lowest BCUT2D eigenvalue weighted by atomic mass is 9.32. The minimum atomic E-state index is -3.85. The van der Waals surface area contributed by atoms with Gasteiger partial charge in [-0.1, -0.05) is 92.7 Å². The SMILES string of the molecule is CC12CCC(O)CC13C=CC1(C(C(=O)c4ccc(-c5ccccc5)cc4)=C3)C2CCC2(C)C1CCC2(O)CN(CC12CC3CC(CC(C3)C1)C2)S(=O)(=O)c1cccs1. The molecule has 8 atom stereocenters. The Morgan fingerprint density at radius 3 is 2.07 bits per heavy atom. The number of fused-ring (bicyclic) bond motifs is 1. The van der Waals surface area contributed by atoms with Crippen LogP contribution in [-0.4, -0.2) is 53.5 Å². The highest BCUT2D eigenvalue weighted by molar-refractivity contribution is 7.91. The summed E-state index contributed by atoms with van der Waals surface area (Å²) in [7, 11) is -3.85. The van der Waals surface area contributed by atoms with Gasteiger partial charge < -0.3 is 10.2 Å². The van der Waals surface area contributed by atoms with Gasteiger partial charge in [0.15, 0.2) is 5.78 Å². The Morgan fingerprint density at radius 1 is 0.759 bits per heavy atom. The zero-order valence-corrected chi connectivity index (χ0v) is 35.7. The number of nitrogens with zero attached hydrogens (tertiary/aromatic N) is 1. The minimum Gasteiger partial charge on any atom is -0.393 e. The van der Waals surface area contributed by atoms with Gasteiger partial charge in [0.1, 0.15) is 4.21 Å². The predicted octanol–water partition coefficient (Wildman–Crippen LogP) is 10.1. The highest BCUT2D eigenvalue weighted by atomic mass is 32.2. The van der Waals surface area contributed by atoms with Crippen LogP contribution in [0.4, 0.5) is 0 Å². The Hall–Kier alpha value is -2.88. The quantitative estimate of drug-likeness (QED) is 0.166. The van der Waals surface area contributed by atoms with Crippen LogP contribution in [0.15, 0.2) is 100 Å². The molecule has 8 unspecified atom stereocenters. The number of aliphatic hydroxyl groups excluding tert-OH is 1. The molecule has 2 N–H and O–H groups in total. The maximum absolute atomic E-state index is 15.3. The molecule has 7 fully saturated rings. The first-order chi connectivity index (χ1) is 27.7. The maximum atomic E-state index is 15.3. The van der Waals surface area contributed by atoms with E-state index in [1.54, 1.807) is 10.4 Å². The molecular formula is C50H59NO5S2. The summed E-state index contributed by atoms with van der Waals surface area (Å²) in [4.78, 5) is 15.3. The average molecular weight is 818 g/mol. The van der Waals surface area contributed by atoms with Crippen LogP contribution in [0, 0.1) is 56.7 Å². The van der Waals surface area contributed by atoms with Crippen molar-refractivity contribution in [2.45, 2.75) is 113 Å². The molecule has 6 nitrogen and oxygen atoms in total. The second-order valence-corrected chi connectivity index (χ2v) is 24.3. The maximum Gasteiger partial charge on any atom is 0.252 e. The fourth-order valence-electron chi connectivity index (χ4n) is 16.1. The van der Waals surface area contributed by atoms with Crippen molar-refractivity contribution in [1.29, 1.82) is 0 Å². The van der Waals surface area contributed by atoms with E-state index in [-0.39, 0.29) is 35.0 Å². The van der Waals surface area contributed by atoms with Gasteiger partial charge in [-0.05, 0) is 146 Å². The van der Waals surface area contributed by atoms with Crippen LogP contribution in [0.3, 0.4) is 0 Å². The number of thiophene rings is 1. The Bertz CT molecular complexity index is 2270. The summed E-state index contributed by atoms with van der Waals surface area (Å²) in [5, 5.41) is 26.5. The molecule has 58 heavy (non-hydrogen) atoms. The summed E-state index contributed by atoms with van der Waals surface area (Å²) >= 11 is 1.28. The lowest BCUT2D eigenvalue weighted by molar-refractivity contribution is -0.175. The third kappa shape index (κ3) is 5.23. The summed E-state index contributed by atoms with van der Waals surface area (Å²) in [5.74, 6) is 2.24. The van der Waals surface area contributed by atoms with Gasteiger partial charge in [0.2, 0.25) is 0 Å². The van der Waals surface area contributed by atoms with Crippen molar-refractivity contribution in [3.63, 3.8) is 0 Å². The van der Waals surface area contributed by atoms with Gasteiger partial charge in [0, 0.05) is 40.5 Å². The molecule has 7 saturated carbocycles. The number of allylic oxidation sites excluding steroid dienone is 4. The van der Waals surface area contributed by atoms with Crippen LogP contribution in [0.1, 0.15) is 108 Å². The van der Waals surface area contributed by atoms with Crippen LogP contribution < -0.4 is 0 Å². The van der Waals surface area contributed by atoms with Crippen molar-refractivity contribution in [2.75, 3.05) is 13.1 Å². The number of hydrogen-bond donors (Lipinski definition) is 2. The molecule has 8 heteroatoms. The zero-order valence-electron chi connectivity index (χ0n) is 34.1. The van der Waals surface area contributed by atoms with Gasteiger partial charge in [0.25, 0.3) is 10.0 Å². The molecule has 10 aliphatic carbocycles. The second kappa shape index (κ2) is 12.8. The fourth-order valence-corrected chi connectivity index (χ4v) is 18.9. The number of hydrogen-bond acceptors (Lipinski definition) is 6. The highest BCUT2D eigenvalue weighted by Crippen LogP contribution is 2.78. The van der Waals surface area contributed by atoms with Crippen LogP contribution >= 0.6 is 11.3 Å². The van der Waals surface area contributed by atoms with E-state index in [0.29, 0.717) is 46.9 Å². The van der Waals surface area contributed by atoms with Crippen LogP contribution in [0.5, 0.6) is 0 Å². The number of aliphatic hydroxyl groups is 2. The Balaban J connectivity index is 0.985. The molecule has 0 aliphatic heterocycles. The highest BCUT2D eigenvalue weighted by Gasteiger charge is 2.75. The molecule has 0 radical (unpaired) electrons. The first-order valence-corrected chi connectivity index (χ1v) is 24.6. The summed E-state index contributed by atoms with van der Waals surface area (Å²) in [6, 6.07) is 21.8. The van der Waals surface area contributed by atoms with E-state index in [1.807, 2.05) is 53.9 Å². The van der Waals surface area contributed by atoms with Crippen molar-refractivity contribution in [3.8, 4) is 11.1 Å². The van der Waals surface area contributed by atoms with Crippen LogP contribution in [-0.2, 0) is 10.0 Å². The number of carbonyl (C=O) groups excluding carboxylic acids is 1. The van der Waals surface area contributed by atoms with E-state index in [4.69, 9.17) is 0 Å². The Kier molecular flexibility index (Phi) is 8.42. The summed E-state index contributed by atoms with van der Waals surface area (Å²) in [6.45, 7) is 5.23. The summed E-state index contributed by atoms with van der Waals surface area (Å²) < 4.78 is 31.8. The normalized spacial score (nSPS) is 43.2. The average Bonchev–Trinajstić information content (AvgIpc) is 3.84. The largest absolute Gasteiger partial charge is 0.393 e. The summed E-state index contributed by atoms with van der Waals surface area (Å²) in [5.41, 5.74) is 0.581. The molecule has 2 spiro atoms. The van der Waals surface area contributed by atoms with E-state index < -0.39 is 38.0 Å². The van der Waals surface area contributed by atoms with E-state index in [0.717, 1.165) is 68.1 Å². The smallest absolute Gasteiger partial charge is 0.252 e. The van der Waals surface area contributed by atoms with Crippen LogP contribution in [0.25, 0.3) is 11.1 Å². The van der Waals surface area contributed by atoms with E-state index in [9.17, 15) is 18.6 Å². The molecule has 0 amide bonds. The predicted molar refractivity (Wildman–Crippen MR) is 228 cm³/mol. The van der Waals surface area contributed by atoms with Crippen LogP contribution in [0.2, 0.25) is 0 Å². The van der Waals surface area contributed by atoms with E-state index >= 15 is 4.79 Å². The third-order valence-electron chi connectivity index (χ3n) is 18.4. The number of ketones is 1. The van der Waals surface area contributed by atoms with Crippen molar-refractivity contribution >= 4 is 27.1 Å². The number of Topliss-reactive ketones (excluding diaryl/α,β-unsaturated/α-hetero) is 1. The molecule has 2 aromatic carbocycles. The Morgan fingerprint density at radius 2 is 1.40 bits per heavy atom. The van der Waals surface area contributed by atoms with Crippen molar-refractivity contribution in [1.82, 2.24) is 4.31 Å². The van der Waals surface area contributed by atoms with E-state index in [2.05, 4.69) is 44.2 Å². The second-order valence-electron chi connectivity index (χ2n) is 21.2. The first-order valence-electron chi connectivity index (χ1n) is 22.3. The molecule has 1 heterocycles. The Labute approximate surface area is 348 Å². The standard InChI is InChI=1S/C50H59NO5S2/c1-45-17-14-39(52)29-48(45)20-21-50(40(30-48)44(53)38-12-10-37(11-13-38)36-7-4-3-5-8-36)41(45)15-18-46(2)42(50)16-19-49(46,54)32-51(58(55,56)43-9-6-22-57-43)31-47-26-33-23-34(27-47)25-35(24-33)28-47/h3-13,20-22,30,33-35,39,41-42,52,54H,14-19,23-29,31-32H2,1-2H3. The van der Waals surface area contributed by atoms with Gasteiger partial charge in [-0.2, -0.15) is 4.31 Å². The van der Waals surface area contributed by atoms with Crippen molar-refractivity contribution < 1.29 is 23.4 Å². The first kappa shape index (κ1) is 38.1. The number of rotatable bonds is 9. The summed E-state index contributed by atoms with van der Waals surface area (Å²) in [6.07, 6.45) is 18.9. The lowest BCUT2D eigenvalue weighted by Gasteiger charge is -2.71. The van der Waals surface area contributed by atoms with Gasteiger partial charge in [-0.25, -0.2) is 8.42 Å². The van der Waals surface area contributed by atoms with E-state index in [1.165, 1.54) is 30.6 Å². The molecular weight excluding hydrogens is 759 g/mol. The molecule has 306 valence electrons. The van der Waals surface area contributed by atoms with Gasteiger partial charge in [-0.15, -0.1) is 11.3 Å². The number of benzene rings is 2. The van der Waals surface area contributed by atoms with Crippen molar-refractivity contribution in [2.24, 2.45) is 56.7 Å². The minimum absolute atomic E-state index is 0.0258. The number of carbonyl (C=O) groups is 1. The van der Waals surface area contributed by atoms with Gasteiger partial charge >= 0.3 is 0 Å². The molecule has 6 bridgehead atoms. The third-order valence-corrected chi connectivity index (χ3v) is 21.6. The molecule has 13 rings (SSSR count). The number of sulfonamides is 1. The molecule has 10 aliphatic rings. The monoisotopic (exact) mass is 817 g/mol. The zero-order chi connectivity index (χ0) is 39.9. The lowest BCUT2D eigenvalue weighted by Crippen LogP contribution is -2.67. The molecule has 3 aromatic rings. The van der Waals surface area contributed by atoms with Gasteiger partial charge in [-0.3, -0.25) is 4.79 Å². The molecule has 1 aromatic heterocycles. The van der Waals surface area contributed by atoms with Gasteiger partial charge in [0.05, 0.1) is 11.7 Å². The van der Waals surface area contributed by atoms with Crippen molar-refractivity contribution in [3.05, 3.63) is 101 Å².